The highest BCUT2D eigenvalue weighted by Crippen LogP contribution is 2.16. The number of allylic oxidation sites excluding steroid dienone is 3. The third-order valence-electron chi connectivity index (χ3n) is 3.06. The zero-order valence-electron chi connectivity index (χ0n) is 13.2. The van der Waals surface area contributed by atoms with E-state index in [2.05, 4.69) is 30.9 Å². The molecule has 1 heteroatoms. The second-order valence-corrected chi connectivity index (χ2v) is 6.01. The lowest BCUT2D eigenvalue weighted by Crippen LogP contribution is -2.18. The van der Waals surface area contributed by atoms with Crippen LogP contribution in [-0.2, 0) is 4.79 Å². The first-order valence-electron chi connectivity index (χ1n) is 7.52. The maximum absolute atomic E-state index is 11.6. The summed E-state index contributed by atoms with van der Waals surface area (Å²) in [5.74, 6) is 0.275. The molecule has 0 rings (SSSR count). The molecule has 0 radical (unpaired) electrons. The Morgan fingerprint density at radius 1 is 1.00 bits per heavy atom. The van der Waals surface area contributed by atoms with Crippen LogP contribution in [0.25, 0.3) is 0 Å². The van der Waals surface area contributed by atoms with Crippen LogP contribution < -0.4 is 0 Å². The fourth-order valence-corrected chi connectivity index (χ4v) is 1.65. The highest BCUT2D eigenvalue weighted by molar-refractivity contribution is 5.84. The van der Waals surface area contributed by atoms with Crippen LogP contribution in [-0.4, -0.2) is 5.78 Å². The minimum absolute atomic E-state index is 0.231. The average Bonchev–Trinajstić information content (AvgIpc) is 2.34. The maximum Gasteiger partial charge on any atom is 0.142 e. The van der Waals surface area contributed by atoms with Crippen molar-refractivity contribution in [2.24, 2.45) is 5.41 Å². The molecule has 0 spiro atoms. The Hall–Kier alpha value is -1.07. The van der Waals surface area contributed by atoms with Gasteiger partial charge in [-0.3, -0.25) is 4.79 Å². The molecule has 1 nitrogen and oxygen atoms in total. The van der Waals surface area contributed by atoms with Gasteiger partial charge in [-0.2, -0.15) is 0 Å². The highest BCUT2D eigenvalue weighted by atomic mass is 16.1. The van der Waals surface area contributed by atoms with Crippen molar-refractivity contribution >= 4 is 5.78 Å². The average molecular weight is 262 g/mol. The van der Waals surface area contributed by atoms with Gasteiger partial charge in [0.25, 0.3) is 0 Å². The first kappa shape index (κ1) is 17.9. The number of Topliss-reactive ketones (excluding diaryl/α,β-unsaturated/α-hetero) is 1. The number of ketones is 1. The van der Waals surface area contributed by atoms with E-state index in [0.717, 1.165) is 6.42 Å². The molecule has 0 heterocycles. The van der Waals surface area contributed by atoms with Gasteiger partial charge in [0.1, 0.15) is 5.78 Å². The van der Waals surface area contributed by atoms with E-state index in [9.17, 15) is 4.79 Å². The number of rotatable bonds is 9. The molecule has 0 aliphatic heterocycles. The molecule has 0 aliphatic rings. The summed E-state index contributed by atoms with van der Waals surface area (Å²) in [6, 6.07) is 0. The highest BCUT2D eigenvalue weighted by Gasteiger charge is 2.18. The lowest BCUT2D eigenvalue weighted by atomic mass is 9.89. The van der Waals surface area contributed by atoms with Crippen molar-refractivity contribution in [3.63, 3.8) is 0 Å². The fourth-order valence-electron chi connectivity index (χ4n) is 1.65. The van der Waals surface area contributed by atoms with E-state index in [1.54, 1.807) is 0 Å². The molecule has 0 unspecified atom stereocenters. The lowest BCUT2D eigenvalue weighted by Gasteiger charge is -2.14. The predicted octanol–water partition coefficient (Wildman–Crippen LogP) is 5.62. The summed E-state index contributed by atoms with van der Waals surface area (Å²) in [6.45, 7) is 7.95. The molecule has 0 saturated heterocycles. The Balaban J connectivity index is 3.55. The van der Waals surface area contributed by atoms with E-state index in [-0.39, 0.29) is 11.2 Å². The van der Waals surface area contributed by atoms with Gasteiger partial charge >= 0.3 is 0 Å². The molecule has 0 aromatic heterocycles. The van der Waals surface area contributed by atoms with Crippen molar-refractivity contribution in [1.82, 2.24) is 0 Å². The Bertz CT molecular complexity index is 322. The summed E-state index contributed by atoms with van der Waals surface area (Å²) >= 11 is 0. The smallest absolute Gasteiger partial charge is 0.142 e. The zero-order chi connectivity index (χ0) is 14.6. The number of hydrogen-bond donors (Lipinski definition) is 0. The zero-order valence-corrected chi connectivity index (χ0v) is 13.2. The summed E-state index contributed by atoms with van der Waals surface area (Å²) < 4.78 is 0. The van der Waals surface area contributed by atoms with Crippen LogP contribution in [0.2, 0.25) is 0 Å². The molecule has 108 valence electrons. The van der Waals surface area contributed by atoms with Gasteiger partial charge in [-0.05, 0) is 44.8 Å². The molecule has 0 N–H and O–H groups in total. The second kappa shape index (κ2) is 10.8. The minimum Gasteiger partial charge on any atom is -0.299 e. The van der Waals surface area contributed by atoms with Gasteiger partial charge in [0.15, 0.2) is 0 Å². The second-order valence-electron chi connectivity index (χ2n) is 6.01. The van der Waals surface area contributed by atoms with Gasteiger partial charge < -0.3 is 0 Å². The van der Waals surface area contributed by atoms with Crippen molar-refractivity contribution in [3.05, 3.63) is 30.0 Å². The minimum atomic E-state index is -0.231. The first-order valence-corrected chi connectivity index (χ1v) is 7.52. The molecule has 0 saturated carbocycles. The molecule has 0 aromatic carbocycles. The van der Waals surface area contributed by atoms with E-state index < -0.39 is 0 Å². The molecular weight excluding hydrogens is 232 g/mol. The van der Waals surface area contributed by atoms with E-state index >= 15 is 0 Å². The third-order valence-corrected chi connectivity index (χ3v) is 3.06. The molecule has 0 bridgehead atoms. The molecule has 0 fully saturated rings. The van der Waals surface area contributed by atoms with Crippen LogP contribution in [0.3, 0.4) is 0 Å². The maximum atomic E-state index is 11.6. The summed E-state index contributed by atoms with van der Waals surface area (Å²) in [4.78, 5) is 11.6. The monoisotopic (exact) mass is 262 g/mol. The van der Waals surface area contributed by atoms with Gasteiger partial charge in [0, 0.05) is 11.8 Å². The lowest BCUT2D eigenvalue weighted by molar-refractivity contribution is -0.125. The number of carbonyl (C=O) groups is 1. The molecule has 0 amide bonds. The SMILES string of the molecule is CC=CCCCCCCC=C=CCC(=O)C(C)(C)C. The van der Waals surface area contributed by atoms with Gasteiger partial charge in [-0.1, -0.05) is 45.8 Å². The number of hydrogen-bond acceptors (Lipinski definition) is 1. The van der Waals surface area contributed by atoms with Crippen LogP contribution in [0.1, 0.15) is 72.6 Å². The number of carbonyl (C=O) groups excluding carboxylic acids is 1. The third kappa shape index (κ3) is 11.7. The predicted molar refractivity (Wildman–Crippen MR) is 84.2 cm³/mol. The Morgan fingerprint density at radius 2 is 1.63 bits per heavy atom. The van der Waals surface area contributed by atoms with Crippen molar-refractivity contribution in [1.29, 1.82) is 0 Å². The van der Waals surface area contributed by atoms with Gasteiger partial charge in [-0.15, -0.1) is 5.73 Å². The summed E-state index contributed by atoms with van der Waals surface area (Å²) in [5.41, 5.74) is 2.89. The Labute approximate surface area is 119 Å². The summed E-state index contributed by atoms with van der Waals surface area (Å²) in [7, 11) is 0. The van der Waals surface area contributed by atoms with Gasteiger partial charge in [0.2, 0.25) is 0 Å². The quantitative estimate of drug-likeness (QED) is 0.299. The molecule has 19 heavy (non-hydrogen) atoms. The topological polar surface area (TPSA) is 17.1 Å². The van der Waals surface area contributed by atoms with Crippen molar-refractivity contribution < 1.29 is 4.79 Å². The van der Waals surface area contributed by atoms with E-state index in [1.165, 1.54) is 32.1 Å². The van der Waals surface area contributed by atoms with Gasteiger partial charge in [0.05, 0.1) is 0 Å². The molecule has 0 atom stereocenters. The molecular formula is C18H30O. The fraction of sp³-hybridized carbons (Fsp3) is 0.667. The normalized spacial score (nSPS) is 11.4. The first-order chi connectivity index (χ1) is 8.98. The summed E-state index contributed by atoms with van der Waals surface area (Å²) in [5, 5.41) is 0. The van der Waals surface area contributed by atoms with Crippen LogP contribution in [0.15, 0.2) is 30.0 Å². The van der Waals surface area contributed by atoms with Crippen molar-refractivity contribution in [2.45, 2.75) is 72.6 Å². The van der Waals surface area contributed by atoms with Gasteiger partial charge in [-0.25, -0.2) is 0 Å². The van der Waals surface area contributed by atoms with E-state index in [1.807, 2.05) is 26.8 Å². The van der Waals surface area contributed by atoms with Crippen molar-refractivity contribution in [3.8, 4) is 0 Å². The molecule has 0 aromatic rings. The van der Waals surface area contributed by atoms with Crippen LogP contribution in [0.4, 0.5) is 0 Å². The Kier molecular flexibility index (Phi) is 10.2. The van der Waals surface area contributed by atoms with Crippen LogP contribution in [0.5, 0.6) is 0 Å². The largest absolute Gasteiger partial charge is 0.299 e. The van der Waals surface area contributed by atoms with Crippen LogP contribution in [0, 0.1) is 5.41 Å². The Morgan fingerprint density at radius 3 is 2.21 bits per heavy atom. The number of unbranched alkanes of at least 4 members (excludes halogenated alkanes) is 5. The van der Waals surface area contributed by atoms with E-state index in [0.29, 0.717) is 6.42 Å². The standard InChI is InChI=1S/C18H30O/c1-5-6-7-8-9-10-11-12-13-14-15-16-17(19)18(2,3)4/h5-6,13,15H,7-12,16H2,1-4H3. The van der Waals surface area contributed by atoms with Crippen molar-refractivity contribution in [2.75, 3.05) is 0 Å². The van der Waals surface area contributed by atoms with E-state index in [4.69, 9.17) is 0 Å². The van der Waals surface area contributed by atoms with Crippen LogP contribution >= 0.6 is 0 Å². The molecule has 0 aliphatic carbocycles. The summed E-state index contributed by atoms with van der Waals surface area (Å²) in [6.07, 6.45) is 16.2.